The molecule has 3 heterocycles. The van der Waals surface area contributed by atoms with E-state index in [2.05, 4.69) is 15.3 Å². The lowest BCUT2D eigenvalue weighted by atomic mass is 9.90. The van der Waals surface area contributed by atoms with Gasteiger partial charge < -0.3 is 10.1 Å². The van der Waals surface area contributed by atoms with Crippen LogP contribution in [-0.2, 0) is 14.8 Å². The van der Waals surface area contributed by atoms with Crippen molar-refractivity contribution in [3.63, 3.8) is 0 Å². The lowest BCUT2D eigenvalue weighted by Crippen LogP contribution is -2.50. The Morgan fingerprint density at radius 2 is 2.22 bits per heavy atom. The first-order chi connectivity index (χ1) is 10.9. The molecule has 0 unspecified atom stereocenters. The average molecular weight is 344 g/mol. The van der Waals surface area contributed by atoms with E-state index >= 15 is 0 Å². The Bertz CT molecular complexity index is 654. The SMILES string of the molecule is CCS(=O)(=O)N1CCC[C@]2(C[C@@H](Nc3ncc(F)cn3)CO2)C1. The molecule has 1 spiro atoms. The minimum Gasteiger partial charge on any atom is -0.371 e. The van der Waals surface area contributed by atoms with E-state index in [0.717, 1.165) is 25.2 Å². The lowest BCUT2D eigenvalue weighted by Gasteiger charge is -2.38. The molecule has 1 N–H and O–H groups in total. The molecular formula is C14H21FN4O3S. The van der Waals surface area contributed by atoms with Gasteiger partial charge in [0.2, 0.25) is 16.0 Å². The van der Waals surface area contributed by atoms with E-state index in [9.17, 15) is 12.8 Å². The van der Waals surface area contributed by atoms with Crippen molar-refractivity contribution in [1.29, 1.82) is 0 Å². The number of hydrogen-bond donors (Lipinski definition) is 1. The van der Waals surface area contributed by atoms with Crippen LogP contribution < -0.4 is 5.32 Å². The first kappa shape index (κ1) is 16.5. The summed E-state index contributed by atoms with van der Waals surface area (Å²) in [6.45, 7) is 3.06. The summed E-state index contributed by atoms with van der Waals surface area (Å²) < 4.78 is 44.5. The maximum absolute atomic E-state index is 12.8. The zero-order valence-corrected chi connectivity index (χ0v) is 13.9. The predicted molar refractivity (Wildman–Crippen MR) is 83.0 cm³/mol. The number of ether oxygens (including phenoxy) is 1. The first-order valence-electron chi connectivity index (χ1n) is 7.78. The molecule has 128 valence electrons. The van der Waals surface area contributed by atoms with Crippen molar-refractivity contribution >= 4 is 16.0 Å². The van der Waals surface area contributed by atoms with Crippen molar-refractivity contribution in [3.05, 3.63) is 18.2 Å². The van der Waals surface area contributed by atoms with Crippen molar-refractivity contribution in [2.45, 2.75) is 37.8 Å². The Kier molecular flexibility index (Phi) is 4.52. The number of sulfonamides is 1. The number of anilines is 1. The molecule has 2 saturated heterocycles. The zero-order valence-electron chi connectivity index (χ0n) is 13.0. The quantitative estimate of drug-likeness (QED) is 0.877. The Labute approximate surface area is 135 Å². The third kappa shape index (κ3) is 3.61. The van der Waals surface area contributed by atoms with Crippen LogP contribution in [0.25, 0.3) is 0 Å². The fourth-order valence-corrected chi connectivity index (χ4v) is 4.47. The number of nitrogens with one attached hydrogen (secondary N) is 1. The number of aromatic nitrogens is 2. The van der Waals surface area contributed by atoms with Crippen LogP contribution in [0.4, 0.5) is 10.3 Å². The molecule has 0 aliphatic carbocycles. The maximum Gasteiger partial charge on any atom is 0.223 e. The van der Waals surface area contributed by atoms with Gasteiger partial charge in [-0.3, -0.25) is 0 Å². The Balaban J connectivity index is 1.65. The van der Waals surface area contributed by atoms with Crippen LogP contribution in [0.3, 0.4) is 0 Å². The van der Waals surface area contributed by atoms with E-state index < -0.39 is 21.4 Å². The zero-order chi connectivity index (χ0) is 16.5. The molecule has 0 bridgehead atoms. The molecule has 1 aromatic rings. The third-order valence-electron chi connectivity index (χ3n) is 4.43. The van der Waals surface area contributed by atoms with Crippen molar-refractivity contribution in [1.82, 2.24) is 14.3 Å². The van der Waals surface area contributed by atoms with E-state index in [-0.39, 0.29) is 11.8 Å². The molecule has 2 aliphatic heterocycles. The molecular weight excluding hydrogens is 323 g/mol. The van der Waals surface area contributed by atoms with Crippen molar-refractivity contribution in [2.75, 3.05) is 30.8 Å². The van der Waals surface area contributed by atoms with Gasteiger partial charge in [-0.05, 0) is 19.8 Å². The van der Waals surface area contributed by atoms with Crippen molar-refractivity contribution < 1.29 is 17.5 Å². The van der Waals surface area contributed by atoms with Gasteiger partial charge in [0, 0.05) is 19.5 Å². The summed E-state index contributed by atoms with van der Waals surface area (Å²) in [5, 5.41) is 3.13. The van der Waals surface area contributed by atoms with E-state index in [4.69, 9.17) is 4.74 Å². The topological polar surface area (TPSA) is 84.4 Å². The van der Waals surface area contributed by atoms with E-state index in [1.54, 1.807) is 6.92 Å². The molecule has 0 amide bonds. The van der Waals surface area contributed by atoms with Gasteiger partial charge in [0.25, 0.3) is 0 Å². The molecule has 3 rings (SSSR count). The molecule has 7 nitrogen and oxygen atoms in total. The molecule has 0 aromatic carbocycles. The number of nitrogens with zero attached hydrogens (tertiary/aromatic N) is 3. The highest BCUT2D eigenvalue weighted by molar-refractivity contribution is 7.89. The van der Waals surface area contributed by atoms with Crippen LogP contribution in [0.5, 0.6) is 0 Å². The average Bonchev–Trinajstić information content (AvgIpc) is 2.92. The molecule has 2 atom stereocenters. The fourth-order valence-electron chi connectivity index (χ4n) is 3.27. The molecule has 23 heavy (non-hydrogen) atoms. The smallest absolute Gasteiger partial charge is 0.223 e. The van der Waals surface area contributed by atoms with Crippen LogP contribution in [0.1, 0.15) is 26.2 Å². The van der Waals surface area contributed by atoms with Crippen LogP contribution >= 0.6 is 0 Å². The molecule has 0 saturated carbocycles. The molecule has 0 radical (unpaired) electrons. The number of hydrogen-bond acceptors (Lipinski definition) is 6. The molecule has 2 aliphatic rings. The summed E-state index contributed by atoms with van der Waals surface area (Å²) in [5.41, 5.74) is -0.446. The highest BCUT2D eigenvalue weighted by Gasteiger charge is 2.45. The third-order valence-corrected chi connectivity index (χ3v) is 6.25. The first-order valence-corrected chi connectivity index (χ1v) is 9.39. The maximum atomic E-state index is 12.8. The van der Waals surface area contributed by atoms with Gasteiger partial charge in [-0.25, -0.2) is 22.8 Å². The number of piperidine rings is 1. The largest absolute Gasteiger partial charge is 0.371 e. The Morgan fingerprint density at radius 3 is 2.91 bits per heavy atom. The summed E-state index contributed by atoms with van der Waals surface area (Å²) in [7, 11) is -3.20. The number of rotatable bonds is 4. The monoisotopic (exact) mass is 344 g/mol. The standard InChI is InChI=1S/C14H21FN4O3S/c1-2-23(20,21)19-5-3-4-14(10-19)6-12(9-22-14)18-13-16-7-11(15)8-17-13/h7-8,12H,2-6,9-10H2,1H3,(H,16,17,18)/t12-,14+/m1/s1. The lowest BCUT2D eigenvalue weighted by molar-refractivity contribution is -0.0329. The van der Waals surface area contributed by atoms with Gasteiger partial charge in [0.15, 0.2) is 5.82 Å². The summed E-state index contributed by atoms with van der Waals surface area (Å²) in [4.78, 5) is 7.77. The minimum atomic E-state index is -3.20. The Hall–Kier alpha value is -1.32. The predicted octanol–water partition coefficient (Wildman–Crippen LogP) is 1.00. The van der Waals surface area contributed by atoms with E-state index in [1.807, 2.05) is 0 Å². The second-order valence-corrected chi connectivity index (χ2v) is 8.36. The summed E-state index contributed by atoms with van der Waals surface area (Å²) in [5.74, 6) is -0.0259. The summed E-state index contributed by atoms with van der Waals surface area (Å²) in [6, 6.07) is -0.00950. The van der Waals surface area contributed by atoms with Crippen LogP contribution in [-0.4, -0.2) is 59.8 Å². The van der Waals surface area contributed by atoms with E-state index in [1.165, 1.54) is 4.31 Å². The Morgan fingerprint density at radius 1 is 1.48 bits per heavy atom. The van der Waals surface area contributed by atoms with Crippen LogP contribution in [0, 0.1) is 5.82 Å². The van der Waals surface area contributed by atoms with Crippen LogP contribution in [0.15, 0.2) is 12.4 Å². The molecule has 1 aromatic heterocycles. The van der Waals surface area contributed by atoms with Crippen molar-refractivity contribution in [2.24, 2.45) is 0 Å². The molecule has 2 fully saturated rings. The highest BCUT2D eigenvalue weighted by Crippen LogP contribution is 2.36. The van der Waals surface area contributed by atoms with Gasteiger partial charge in [-0.15, -0.1) is 0 Å². The fraction of sp³-hybridized carbons (Fsp3) is 0.714. The second-order valence-electron chi connectivity index (χ2n) is 6.10. The van der Waals surface area contributed by atoms with Gasteiger partial charge in [0.1, 0.15) is 0 Å². The number of halogens is 1. The second kappa shape index (κ2) is 6.29. The van der Waals surface area contributed by atoms with E-state index in [0.29, 0.717) is 32.1 Å². The summed E-state index contributed by atoms with van der Waals surface area (Å²) >= 11 is 0. The van der Waals surface area contributed by atoms with Gasteiger partial charge in [0.05, 0.1) is 36.4 Å². The van der Waals surface area contributed by atoms with Gasteiger partial charge in [-0.2, -0.15) is 4.31 Å². The van der Waals surface area contributed by atoms with Crippen molar-refractivity contribution in [3.8, 4) is 0 Å². The minimum absolute atomic E-state index is 0.00950. The van der Waals surface area contributed by atoms with Gasteiger partial charge in [-0.1, -0.05) is 0 Å². The molecule has 9 heteroatoms. The van der Waals surface area contributed by atoms with Crippen LogP contribution in [0.2, 0.25) is 0 Å². The normalized spacial score (nSPS) is 29.0. The van der Waals surface area contributed by atoms with Gasteiger partial charge >= 0.3 is 0 Å². The summed E-state index contributed by atoms with van der Waals surface area (Å²) in [6.07, 6.45) is 4.53. The highest BCUT2D eigenvalue weighted by atomic mass is 32.2.